The molecule has 0 spiro atoms. The number of hydrogen-bond acceptors (Lipinski definition) is 4. The van der Waals surface area contributed by atoms with Crippen LogP contribution in [-0.4, -0.2) is 15.0 Å². The number of allylic oxidation sites excluding steroid dienone is 1. The third kappa shape index (κ3) is 4.42. The van der Waals surface area contributed by atoms with Crippen molar-refractivity contribution < 1.29 is 4.42 Å². The van der Waals surface area contributed by atoms with E-state index in [2.05, 4.69) is 109 Å². The number of nitrogens with zero attached hydrogens (tertiary/aromatic N) is 3. The van der Waals surface area contributed by atoms with Crippen LogP contribution in [-0.2, 0) is 6.42 Å². The predicted molar refractivity (Wildman–Crippen MR) is 183 cm³/mol. The van der Waals surface area contributed by atoms with Crippen LogP contribution in [0.2, 0.25) is 0 Å². The lowest BCUT2D eigenvalue weighted by atomic mass is 9.86. The van der Waals surface area contributed by atoms with Crippen molar-refractivity contribution in [3.05, 3.63) is 156 Å². The van der Waals surface area contributed by atoms with E-state index < -0.39 is 0 Å². The van der Waals surface area contributed by atoms with Gasteiger partial charge in [-0.05, 0) is 57.6 Å². The van der Waals surface area contributed by atoms with Gasteiger partial charge in [0.05, 0.1) is 0 Å². The molecule has 1 aliphatic carbocycles. The number of aromatic nitrogens is 3. The monoisotopic (exact) mass is 577 g/mol. The van der Waals surface area contributed by atoms with Gasteiger partial charge in [0, 0.05) is 27.8 Å². The summed E-state index contributed by atoms with van der Waals surface area (Å²) in [6, 6.07) is 46.2. The molecule has 6 aromatic carbocycles. The normalized spacial score (nSPS) is 14.3. The summed E-state index contributed by atoms with van der Waals surface area (Å²) in [5, 5.41) is 4.76. The van der Waals surface area contributed by atoms with Gasteiger partial charge in [-0.3, -0.25) is 0 Å². The molecule has 0 fully saturated rings. The predicted octanol–water partition coefficient (Wildman–Crippen LogP) is 10.3. The van der Waals surface area contributed by atoms with E-state index in [0.717, 1.165) is 56.4 Å². The molecule has 0 bridgehead atoms. The second kappa shape index (κ2) is 10.4. The van der Waals surface area contributed by atoms with Gasteiger partial charge >= 0.3 is 0 Å². The second-order valence-corrected chi connectivity index (χ2v) is 11.6. The maximum absolute atomic E-state index is 6.19. The summed E-state index contributed by atoms with van der Waals surface area (Å²) in [5.41, 5.74) is 8.50. The highest BCUT2D eigenvalue weighted by Crippen LogP contribution is 2.38. The molecule has 9 rings (SSSR count). The molecule has 1 aliphatic rings. The van der Waals surface area contributed by atoms with Gasteiger partial charge in [0.1, 0.15) is 17.0 Å². The van der Waals surface area contributed by atoms with Crippen molar-refractivity contribution in [2.45, 2.75) is 12.3 Å². The average molecular weight is 578 g/mol. The second-order valence-electron chi connectivity index (χ2n) is 11.6. The van der Waals surface area contributed by atoms with Crippen molar-refractivity contribution in [3.63, 3.8) is 0 Å². The molecule has 0 amide bonds. The number of hydrogen-bond donors (Lipinski definition) is 0. The van der Waals surface area contributed by atoms with Crippen LogP contribution in [0.1, 0.15) is 22.9 Å². The molecule has 0 radical (unpaired) electrons. The quantitative estimate of drug-likeness (QED) is 0.209. The van der Waals surface area contributed by atoms with Crippen LogP contribution in [0.25, 0.3) is 72.7 Å². The zero-order chi connectivity index (χ0) is 29.7. The van der Waals surface area contributed by atoms with E-state index in [9.17, 15) is 0 Å². The molecule has 1 atom stereocenters. The van der Waals surface area contributed by atoms with Gasteiger partial charge in [0.15, 0.2) is 11.6 Å². The molecule has 1 unspecified atom stereocenters. The SMILES string of the molecule is C1=CC(c2nc(-c3ccccc3)nc(-c3cccc(-c4cccc5oc6ccccc6c45)c3)n2)Cc2ccc3ccccc3c21. The Labute approximate surface area is 260 Å². The van der Waals surface area contributed by atoms with Crippen LogP contribution in [0.3, 0.4) is 0 Å². The standard InChI is InChI=1S/C41H27N3O/c1-2-11-27(12-3-1)39-42-40(44-41(43-39)31-22-23-33-29(25-31)21-20-26-10-4-5-15-32(26)33)30-14-8-13-28(24-30)34-17-9-19-37-38(34)35-16-6-7-18-36(35)45-37/h1-24,31H,25H2. The fourth-order valence-electron chi connectivity index (χ4n) is 6.65. The van der Waals surface area contributed by atoms with Crippen LogP contribution in [0.4, 0.5) is 0 Å². The van der Waals surface area contributed by atoms with E-state index in [4.69, 9.17) is 19.4 Å². The minimum absolute atomic E-state index is 0.0390. The molecular weight excluding hydrogens is 550 g/mol. The Morgan fingerprint density at radius 2 is 1.27 bits per heavy atom. The first kappa shape index (κ1) is 25.6. The lowest BCUT2D eigenvalue weighted by Gasteiger charge is -2.21. The molecule has 2 heterocycles. The number of furan rings is 1. The lowest BCUT2D eigenvalue weighted by molar-refractivity contribution is 0.669. The molecule has 212 valence electrons. The molecule has 4 nitrogen and oxygen atoms in total. The molecule has 0 saturated carbocycles. The van der Waals surface area contributed by atoms with E-state index in [-0.39, 0.29) is 5.92 Å². The van der Waals surface area contributed by atoms with Crippen LogP contribution < -0.4 is 0 Å². The van der Waals surface area contributed by atoms with Gasteiger partial charge in [-0.15, -0.1) is 0 Å². The summed E-state index contributed by atoms with van der Waals surface area (Å²) in [7, 11) is 0. The fourth-order valence-corrected chi connectivity index (χ4v) is 6.65. The Morgan fingerprint density at radius 1 is 0.556 bits per heavy atom. The molecule has 0 saturated heterocycles. The van der Waals surface area contributed by atoms with Crippen LogP contribution in [0, 0.1) is 0 Å². The van der Waals surface area contributed by atoms with E-state index in [0.29, 0.717) is 11.6 Å². The number of rotatable bonds is 4. The Bertz CT molecular complexity index is 2420. The summed E-state index contributed by atoms with van der Waals surface area (Å²) in [4.78, 5) is 15.2. The summed E-state index contributed by atoms with van der Waals surface area (Å²) in [5.74, 6) is 2.17. The first-order valence-electron chi connectivity index (χ1n) is 15.3. The topological polar surface area (TPSA) is 51.8 Å². The average Bonchev–Trinajstić information content (AvgIpc) is 3.51. The zero-order valence-corrected chi connectivity index (χ0v) is 24.4. The van der Waals surface area contributed by atoms with Crippen LogP contribution in [0.15, 0.2) is 144 Å². The molecule has 2 aromatic heterocycles. The van der Waals surface area contributed by atoms with Gasteiger partial charge in [-0.1, -0.05) is 127 Å². The summed E-state index contributed by atoms with van der Waals surface area (Å²) in [6.07, 6.45) is 5.34. The van der Waals surface area contributed by atoms with Gasteiger partial charge in [-0.2, -0.15) is 0 Å². The van der Waals surface area contributed by atoms with Gasteiger partial charge < -0.3 is 4.42 Å². The highest BCUT2D eigenvalue weighted by Gasteiger charge is 2.22. The van der Waals surface area contributed by atoms with Gasteiger partial charge in [0.25, 0.3) is 0 Å². The number of fused-ring (bicyclic) bond motifs is 6. The van der Waals surface area contributed by atoms with E-state index in [1.807, 2.05) is 36.4 Å². The van der Waals surface area contributed by atoms with E-state index in [1.54, 1.807) is 0 Å². The largest absolute Gasteiger partial charge is 0.456 e. The smallest absolute Gasteiger partial charge is 0.163 e. The van der Waals surface area contributed by atoms with Gasteiger partial charge in [-0.25, -0.2) is 15.0 Å². The molecule has 0 N–H and O–H groups in total. The van der Waals surface area contributed by atoms with Gasteiger partial charge in [0.2, 0.25) is 0 Å². The molecule has 0 aliphatic heterocycles. The van der Waals surface area contributed by atoms with Crippen molar-refractivity contribution in [2.24, 2.45) is 0 Å². The van der Waals surface area contributed by atoms with Crippen molar-refractivity contribution in [2.75, 3.05) is 0 Å². The molecule has 4 heteroatoms. The Balaban J connectivity index is 1.17. The molecular formula is C41H27N3O. The third-order valence-corrected chi connectivity index (χ3v) is 8.85. The summed E-state index contributed by atoms with van der Waals surface area (Å²) < 4.78 is 6.19. The summed E-state index contributed by atoms with van der Waals surface area (Å²) >= 11 is 0. The maximum atomic E-state index is 6.19. The Morgan fingerprint density at radius 3 is 2.18 bits per heavy atom. The first-order chi connectivity index (χ1) is 22.3. The Hall–Kier alpha value is -5.87. The minimum atomic E-state index is 0.0390. The fraction of sp³-hybridized carbons (Fsp3) is 0.0488. The summed E-state index contributed by atoms with van der Waals surface area (Å²) in [6.45, 7) is 0. The lowest BCUT2D eigenvalue weighted by Crippen LogP contribution is -2.12. The minimum Gasteiger partial charge on any atom is -0.456 e. The van der Waals surface area contributed by atoms with Crippen molar-refractivity contribution in [3.8, 4) is 33.9 Å². The number of benzene rings is 6. The van der Waals surface area contributed by atoms with E-state index >= 15 is 0 Å². The van der Waals surface area contributed by atoms with Crippen LogP contribution in [0.5, 0.6) is 0 Å². The zero-order valence-electron chi connectivity index (χ0n) is 24.4. The van der Waals surface area contributed by atoms with Crippen molar-refractivity contribution in [1.82, 2.24) is 15.0 Å². The molecule has 45 heavy (non-hydrogen) atoms. The van der Waals surface area contributed by atoms with Crippen molar-refractivity contribution in [1.29, 1.82) is 0 Å². The van der Waals surface area contributed by atoms with Crippen molar-refractivity contribution >= 4 is 38.8 Å². The van der Waals surface area contributed by atoms with E-state index in [1.165, 1.54) is 21.9 Å². The first-order valence-corrected chi connectivity index (χ1v) is 15.3. The highest BCUT2D eigenvalue weighted by molar-refractivity contribution is 6.12. The maximum Gasteiger partial charge on any atom is 0.163 e. The van der Waals surface area contributed by atoms with Crippen LogP contribution >= 0.6 is 0 Å². The molecule has 8 aromatic rings. The highest BCUT2D eigenvalue weighted by atomic mass is 16.3. The Kier molecular flexibility index (Phi) is 5.91. The number of para-hydroxylation sites is 1. The third-order valence-electron chi connectivity index (χ3n) is 8.85.